The van der Waals surface area contributed by atoms with Crippen LogP contribution in [0, 0.1) is 16.7 Å². The van der Waals surface area contributed by atoms with Crippen LogP contribution in [0.1, 0.15) is 85.5 Å². The van der Waals surface area contributed by atoms with Crippen molar-refractivity contribution in [1.29, 1.82) is 0 Å². The Morgan fingerprint density at radius 2 is 1.46 bits per heavy atom. The largest absolute Gasteiger partial charge is 0.459 e. The molecular weight excluding hydrogens is 664 g/mol. The molecule has 13 heteroatoms. The summed E-state index contributed by atoms with van der Waals surface area (Å²) in [6.45, 7) is 13.5. The first-order valence-corrected chi connectivity index (χ1v) is 20.0. The number of ether oxygens (including phenoxy) is 3. The highest BCUT2D eigenvalue weighted by atomic mass is 28.4. The highest BCUT2D eigenvalue weighted by molar-refractivity contribution is 6.73. The van der Waals surface area contributed by atoms with Crippen LogP contribution in [0.5, 0.6) is 0 Å². The van der Waals surface area contributed by atoms with Crippen molar-refractivity contribution < 1.29 is 58.2 Å². The van der Waals surface area contributed by atoms with Gasteiger partial charge < -0.3 is 39.1 Å². The monoisotopic (exact) mass is 718 g/mol. The van der Waals surface area contributed by atoms with Crippen LogP contribution in [-0.2, 0) is 33.0 Å². The van der Waals surface area contributed by atoms with Crippen LogP contribution in [-0.4, -0.2) is 101 Å². The molecule has 0 spiro atoms. The Balaban J connectivity index is 2.18. The van der Waals surface area contributed by atoms with E-state index in [1.165, 1.54) is 19.1 Å². The molecule has 3 aliphatic rings. The fourth-order valence-electron chi connectivity index (χ4n) is 8.98. The Bertz CT molecular complexity index is 1500. The van der Waals surface area contributed by atoms with E-state index >= 15 is 4.79 Å². The van der Waals surface area contributed by atoms with Crippen LogP contribution < -0.4 is 0 Å². The van der Waals surface area contributed by atoms with Gasteiger partial charge in [0.2, 0.25) is 0 Å². The number of aliphatic hydroxyl groups is 4. The summed E-state index contributed by atoms with van der Waals surface area (Å²) in [5.41, 5.74) is -7.74. The van der Waals surface area contributed by atoms with Gasteiger partial charge in [-0.25, -0.2) is 4.79 Å². The van der Waals surface area contributed by atoms with E-state index in [2.05, 4.69) is 0 Å². The molecule has 0 amide bonds. The number of hydrogen-bond donors (Lipinski definition) is 4. The molecule has 0 aliphatic heterocycles. The molecule has 1 aromatic carbocycles. The van der Waals surface area contributed by atoms with E-state index in [1.807, 2.05) is 20.8 Å². The summed E-state index contributed by atoms with van der Waals surface area (Å²) in [5, 5.41) is 48.6. The Morgan fingerprint density at radius 3 is 1.96 bits per heavy atom. The van der Waals surface area contributed by atoms with Crippen LogP contribution in [0.3, 0.4) is 0 Å². The zero-order valence-electron chi connectivity index (χ0n) is 30.6. The summed E-state index contributed by atoms with van der Waals surface area (Å²) in [5.74, 6) is -4.95. The zero-order valence-corrected chi connectivity index (χ0v) is 31.6. The fourth-order valence-corrected chi connectivity index (χ4v) is 11.9. The molecule has 2 bridgehead atoms. The Hall–Kier alpha value is -2.94. The summed E-state index contributed by atoms with van der Waals surface area (Å²) in [6, 6.07) is 9.91. The minimum absolute atomic E-state index is 0.104. The molecule has 0 radical (unpaired) electrons. The Kier molecular flexibility index (Phi) is 11.3. The van der Waals surface area contributed by atoms with Crippen molar-refractivity contribution in [1.82, 2.24) is 0 Å². The van der Waals surface area contributed by atoms with E-state index in [1.54, 1.807) is 39.0 Å². The van der Waals surface area contributed by atoms with Gasteiger partial charge in [-0.2, -0.15) is 0 Å². The summed E-state index contributed by atoms with van der Waals surface area (Å²) in [4.78, 5) is 54.9. The molecule has 50 heavy (non-hydrogen) atoms. The number of Topliss-reactive ketones (excluding diaryl/α,β-unsaturated/α-hetero) is 1. The number of carbonyl (C=O) groups is 4. The van der Waals surface area contributed by atoms with Gasteiger partial charge in [-0.05, 0) is 55.3 Å². The molecular formula is C37H54O12Si. The molecule has 2 saturated carbocycles. The predicted molar refractivity (Wildman–Crippen MR) is 184 cm³/mol. The van der Waals surface area contributed by atoms with E-state index in [0.29, 0.717) is 23.7 Å². The maximum Gasteiger partial charge on any atom is 0.338 e. The molecule has 3 aliphatic carbocycles. The number of rotatable bonds is 10. The lowest BCUT2D eigenvalue weighted by atomic mass is 9.45. The summed E-state index contributed by atoms with van der Waals surface area (Å²) in [7, 11) is -2.64. The average molecular weight is 719 g/mol. The van der Waals surface area contributed by atoms with E-state index in [-0.39, 0.29) is 17.6 Å². The molecule has 2 fully saturated rings. The van der Waals surface area contributed by atoms with Crippen LogP contribution >= 0.6 is 0 Å². The van der Waals surface area contributed by atoms with Gasteiger partial charge in [0.15, 0.2) is 20.2 Å². The molecule has 12 nitrogen and oxygen atoms in total. The number of esters is 3. The van der Waals surface area contributed by atoms with Gasteiger partial charge in [0.1, 0.15) is 23.4 Å². The number of ketones is 1. The maximum atomic E-state index is 15.5. The maximum absolute atomic E-state index is 15.5. The van der Waals surface area contributed by atoms with Crippen LogP contribution in [0.15, 0.2) is 41.5 Å². The molecule has 0 saturated heterocycles. The van der Waals surface area contributed by atoms with Crippen molar-refractivity contribution in [2.24, 2.45) is 16.7 Å². The molecule has 4 rings (SSSR count). The van der Waals surface area contributed by atoms with Crippen molar-refractivity contribution in [2.75, 3.05) is 6.61 Å². The summed E-state index contributed by atoms with van der Waals surface area (Å²) in [6.07, 6.45) is -8.15. The van der Waals surface area contributed by atoms with Crippen molar-refractivity contribution in [2.45, 2.75) is 135 Å². The number of hydrogen-bond acceptors (Lipinski definition) is 12. The predicted octanol–water partition coefficient (Wildman–Crippen LogP) is 3.64. The number of carbonyl (C=O) groups excluding carboxylic acids is 4. The minimum Gasteiger partial charge on any atom is -0.459 e. The zero-order chi connectivity index (χ0) is 37.6. The smallest absolute Gasteiger partial charge is 0.338 e. The third-order valence-electron chi connectivity index (χ3n) is 12.2. The SMILES string of the molecule is CC[Si](CC)(CC)O[C@H]1C[C@H](OC(C)=O)[C@@](O)(CO)[C@H]2[C@H](OC(=O)c3ccccc3)[C@]3(O)C[C@H](O)C(C)=C([C@@H](OC(C)=O)C(=O)[C@]12C)C3(C)C. The van der Waals surface area contributed by atoms with Crippen LogP contribution in [0.25, 0.3) is 0 Å². The first kappa shape index (κ1) is 39.8. The topological polar surface area (TPSA) is 186 Å². The highest BCUT2D eigenvalue weighted by Gasteiger charge is 2.75. The number of fused-ring (bicyclic) bond motifs is 3. The normalized spacial score (nSPS) is 35.3. The number of aliphatic hydroxyl groups excluding tert-OH is 2. The van der Waals surface area contributed by atoms with E-state index in [4.69, 9.17) is 18.6 Å². The Labute approximate surface area is 295 Å². The van der Waals surface area contributed by atoms with Crippen LogP contribution in [0.4, 0.5) is 0 Å². The van der Waals surface area contributed by atoms with E-state index in [0.717, 1.165) is 13.8 Å². The molecule has 0 heterocycles. The lowest BCUT2D eigenvalue weighted by molar-refractivity contribution is -0.286. The summed E-state index contributed by atoms with van der Waals surface area (Å²) < 4.78 is 24.9. The molecule has 278 valence electrons. The second-order valence-electron chi connectivity index (χ2n) is 15.0. The average Bonchev–Trinajstić information content (AvgIpc) is 3.06. The number of benzene rings is 1. The second-order valence-corrected chi connectivity index (χ2v) is 19.7. The third-order valence-corrected chi connectivity index (χ3v) is 16.9. The fraction of sp³-hybridized carbons (Fsp3) is 0.676. The lowest BCUT2D eigenvalue weighted by Crippen LogP contribution is -2.78. The summed E-state index contributed by atoms with van der Waals surface area (Å²) >= 11 is 0. The first-order chi connectivity index (χ1) is 23.2. The second kappa shape index (κ2) is 14.2. The lowest BCUT2D eigenvalue weighted by Gasteiger charge is -2.65. The van der Waals surface area contributed by atoms with Crippen molar-refractivity contribution in [3.63, 3.8) is 0 Å². The first-order valence-electron chi connectivity index (χ1n) is 17.5. The van der Waals surface area contributed by atoms with Crippen molar-refractivity contribution in [3.05, 3.63) is 47.0 Å². The standard InChI is InChI=1S/C37H54O12Si/c1-10-50(11-2,12-3)49-26-18-27(46-22(5)39)36(44,20-38)30-32(48-33(43)24-16-14-13-15-17-24)37(45)19-25(41)21(4)28(34(37,7)8)29(47-23(6)40)31(42)35(26,30)9/h13-17,25-27,29-30,32,38,41,44-45H,10-12,18-20H2,1-9H3/t25-,26-,27-,29+,30-,32-,35+,36-,37+/m0/s1. The van der Waals surface area contributed by atoms with Gasteiger partial charge >= 0.3 is 17.9 Å². The molecule has 4 N–H and O–H groups in total. The van der Waals surface area contributed by atoms with Gasteiger partial charge in [-0.15, -0.1) is 0 Å². The van der Waals surface area contributed by atoms with E-state index < -0.39 is 104 Å². The Morgan fingerprint density at radius 1 is 0.900 bits per heavy atom. The van der Waals surface area contributed by atoms with Crippen molar-refractivity contribution >= 4 is 32.0 Å². The molecule has 9 atom stereocenters. The van der Waals surface area contributed by atoms with Gasteiger partial charge in [-0.3, -0.25) is 14.4 Å². The minimum atomic E-state index is -2.64. The molecule has 1 aromatic rings. The van der Waals surface area contributed by atoms with Crippen LogP contribution in [0.2, 0.25) is 18.1 Å². The quantitative estimate of drug-likeness (QED) is 0.119. The van der Waals surface area contributed by atoms with Gasteiger partial charge in [0, 0.05) is 38.0 Å². The third kappa shape index (κ3) is 6.27. The van der Waals surface area contributed by atoms with Gasteiger partial charge in [0.05, 0.1) is 29.8 Å². The molecule has 0 unspecified atom stereocenters. The van der Waals surface area contributed by atoms with Crippen molar-refractivity contribution in [3.8, 4) is 0 Å². The van der Waals surface area contributed by atoms with Gasteiger partial charge in [0.25, 0.3) is 0 Å². The van der Waals surface area contributed by atoms with Gasteiger partial charge in [-0.1, -0.05) is 52.8 Å². The highest BCUT2D eigenvalue weighted by Crippen LogP contribution is 2.62. The molecule has 0 aromatic heterocycles. The van der Waals surface area contributed by atoms with E-state index in [9.17, 15) is 34.8 Å².